The summed E-state index contributed by atoms with van der Waals surface area (Å²) in [4.78, 5) is 37.3. The van der Waals surface area contributed by atoms with Gasteiger partial charge in [0.2, 0.25) is 5.54 Å². The second-order valence-electron chi connectivity index (χ2n) is 8.77. The molecule has 2 aromatic rings. The zero-order valence-corrected chi connectivity index (χ0v) is 18.5. The number of alkyl halides is 3. The average Bonchev–Trinajstić information content (AvgIpc) is 3.54. The molecule has 1 saturated carbocycles. The third-order valence-electron chi connectivity index (χ3n) is 6.76. The molecule has 7 nitrogen and oxygen atoms in total. The Morgan fingerprint density at radius 3 is 2.00 bits per heavy atom. The van der Waals surface area contributed by atoms with Gasteiger partial charge in [-0.2, -0.15) is 13.2 Å². The van der Waals surface area contributed by atoms with E-state index in [0.717, 1.165) is 29.3 Å². The molecule has 2 aliphatic carbocycles. The lowest BCUT2D eigenvalue weighted by atomic mass is 9.98. The number of aliphatic carboxylic acids is 1. The van der Waals surface area contributed by atoms with Crippen molar-refractivity contribution in [3.8, 4) is 11.1 Å². The molecule has 0 spiro atoms. The van der Waals surface area contributed by atoms with Gasteiger partial charge in [0.05, 0.1) is 0 Å². The fourth-order valence-electron chi connectivity index (χ4n) is 4.43. The summed E-state index contributed by atoms with van der Waals surface area (Å²) < 4.78 is 47.0. The lowest BCUT2D eigenvalue weighted by molar-refractivity contribution is -0.202. The van der Waals surface area contributed by atoms with Gasteiger partial charge in [-0.15, -0.1) is 0 Å². The molecule has 1 unspecified atom stereocenters. The molecule has 34 heavy (non-hydrogen) atoms. The van der Waals surface area contributed by atoms with Crippen LogP contribution in [0.3, 0.4) is 0 Å². The first-order valence-corrected chi connectivity index (χ1v) is 10.6. The minimum absolute atomic E-state index is 0.0312. The highest BCUT2D eigenvalue weighted by Crippen LogP contribution is 2.45. The summed E-state index contributed by atoms with van der Waals surface area (Å²) in [5, 5.41) is 11.0. The summed E-state index contributed by atoms with van der Waals surface area (Å²) in [6.07, 6.45) is -6.56. The van der Waals surface area contributed by atoms with Gasteiger partial charge in [-0.25, -0.2) is 9.59 Å². The van der Waals surface area contributed by atoms with Crippen molar-refractivity contribution in [3.63, 3.8) is 0 Å². The number of nitrogens with one attached hydrogen (secondary N) is 1. The largest absolute Gasteiger partial charge is 0.479 e. The number of halogens is 3. The third kappa shape index (κ3) is 3.66. The summed E-state index contributed by atoms with van der Waals surface area (Å²) in [5.74, 6) is -3.35. The number of carboxylic acid groups (broad SMARTS) is 1. The second-order valence-corrected chi connectivity index (χ2v) is 8.77. The molecule has 0 aliphatic heterocycles. The van der Waals surface area contributed by atoms with Crippen molar-refractivity contribution in [1.29, 1.82) is 0 Å². The number of carbonyl (C=O) groups is 3. The van der Waals surface area contributed by atoms with E-state index in [1.807, 2.05) is 48.5 Å². The van der Waals surface area contributed by atoms with Crippen LogP contribution in [-0.4, -0.2) is 58.9 Å². The highest BCUT2D eigenvalue weighted by atomic mass is 19.4. The van der Waals surface area contributed by atoms with E-state index in [-0.39, 0.29) is 25.4 Å². The number of carboxylic acids is 1. The molecule has 2 amide bonds. The monoisotopic (exact) mass is 476 g/mol. The van der Waals surface area contributed by atoms with E-state index in [0.29, 0.717) is 11.8 Å². The molecule has 1 fully saturated rings. The number of nitrogens with zero attached hydrogens (tertiary/aromatic N) is 1. The minimum Gasteiger partial charge on any atom is -0.479 e. The van der Waals surface area contributed by atoms with Crippen molar-refractivity contribution in [3.05, 3.63) is 59.7 Å². The van der Waals surface area contributed by atoms with Crippen LogP contribution in [0.1, 0.15) is 36.8 Å². The van der Waals surface area contributed by atoms with Gasteiger partial charge in [-0.05, 0) is 42.0 Å². The summed E-state index contributed by atoms with van der Waals surface area (Å²) >= 11 is 0. The number of hydrogen-bond acceptors (Lipinski definition) is 4. The molecule has 4 rings (SSSR count). The summed E-state index contributed by atoms with van der Waals surface area (Å²) in [5.41, 5.74) is -1.41. The lowest BCUT2D eigenvalue weighted by Gasteiger charge is -2.36. The number of alkyl carbamates (subject to hydrolysis) is 1. The van der Waals surface area contributed by atoms with Gasteiger partial charge in [-0.1, -0.05) is 48.5 Å². The van der Waals surface area contributed by atoms with Crippen LogP contribution in [0.2, 0.25) is 0 Å². The van der Waals surface area contributed by atoms with Gasteiger partial charge in [0.1, 0.15) is 12.1 Å². The van der Waals surface area contributed by atoms with Crippen molar-refractivity contribution in [2.75, 3.05) is 13.7 Å². The van der Waals surface area contributed by atoms with Crippen molar-refractivity contribution in [1.82, 2.24) is 10.2 Å². The smallest absolute Gasteiger partial charge is 0.420 e. The third-order valence-corrected chi connectivity index (χ3v) is 6.76. The number of rotatable bonds is 6. The second kappa shape index (κ2) is 8.03. The number of fused-ring (bicyclic) bond motifs is 3. The Balaban J connectivity index is 1.52. The van der Waals surface area contributed by atoms with Gasteiger partial charge in [0.15, 0.2) is 0 Å². The summed E-state index contributed by atoms with van der Waals surface area (Å²) in [6, 6.07) is 14.9. The van der Waals surface area contributed by atoms with Gasteiger partial charge in [0.25, 0.3) is 5.91 Å². The van der Waals surface area contributed by atoms with E-state index < -0.39 is 35.2 Å². The molecule has 0 radical (unpaired) electrons. The molecule has 0 heterocycles. The molecule has 2 aliphatic rings. The van der Waals surface area contributed by atoms with Crippen LogP contribution >= 0.6 is 0 Å². The molecule has 1 atom stereocenters. The fraction of sp³-hybridized carbons (Fsp3) is 0.375. The topological polar surface area (TPSA) is 95.9 Å². The van der Waals surface area contributed by atoms with Crippen LogP contribution in [0.25, 0.3) is 11.1 Å². The highest BCUT2D eigenvalue weighted by Gasteiger charge is 2.64. The highest BCUT2D eigenvalue weighted by molar-refractivity contribution is 5.96. The zero-order chi connectivity index (χ0) is 24.9. The fourth-order valence-corrected chi connectivity index (χ4v) is 4.43. The summed E-state index contributed by atoms with van der Waals surface area (Å²) in [7, 11) is 0.993. The molecular weight excluding hydrogens is 453 g/mol. The zero-order valence-electron chi connectivity index (χ0n) is 18.5. The van der Waals surface area contributed by atoms with Crippen molar-refractivity contribution in [2.45, 2.75) is 42.9 Å². The first-order valence-electron chi connectivity index (χ1n) is 10.6. The molecule has 180 valence electrons. The summed E-state index contributed by atoms with van der Waals surface area (Å²) in [6.45, 7) is 0.266. The van der Waals surface area contributed by atoms with Crippen molar-refractivity contribution >= 4 is 18.0 Å². The van der Waals surface area contributed by atoms with Gasteiger partial charge in [-0.3, -0.25) is 10.1 Å². The number of ether oxygens (including phenoxy) is 1. The van der Waals surface area contributed by atoms with Crippen LogP contribution in [0.5, 0.6) is 0 Å². The Labute approximate surface area is 193 Å². The molecule has 2 N–H and O–H groups in total. The lowest BCUT2D eigenvalue weighted by Crippen LogP contribution is -2.67. The Hall–Kier alpha value is -3.56. The Morgan fingerprint density at radius 1 is 1.06 bits per heavy atom. The molecule has 2 aromatic carbocycles. The quantitative estimate of drug-likeness (QED) is 0.659. The van der Waals surface area contributed by atoms with Crippen LogP contribution in [-0.2, 0) is 14.3 Å². The Morgan fingerprint density at radius 2 is 1.56 bits per heavy atom. The maximum absolute atomic E-state index is 14.0. The van der Waals surface area contributed by atoms with Gasteiger partial charge >= 0.3 is 18.2 Å². The number of carbonyl (C=O) groups excluding carboxylic acids is 2. The predicted octanol–water partition coefficient (Wildman–Crippen LogP) is 3.92. The number of likely N-dealkylation sites (N-methyl/N-ethyl adjacent to an activating group) is 1. The molecule has 0 saturated heterocycles. The SMILES string of the molecule is CN(C(=O)C(C)(NC(=O)OCC1c2ccccc2-c2ccccc21)C(F)(F)F)C1(C(=O)O)CC1. The maximum Gasteiger partial charge on any atom is 0.420 e. The van der Waals surface area contributed by atoms with E-state index in [1.54, 1.807) is 5.32 Å². The average molecular weight is 476 g/mol. The van der Waals surface area contributed by atoms with Gasteiger partial charge in [0, 0.05) is 13.0 Å². The maximum atomic E-state index is 14.0. The van der Waals surface area contributed by atoms with Gasteiger partial charge < -0.3 is 14.7 Å². The molecule has 0 aromatic heterocycles. The normalized spacial score (nSPS) is 17.7. The number of amides is 2. The molecular formula is C24H23F3N2O5. The van der Waals surface area contributed by atoms with Crippen LogP contribution in [0.15, 0.2) is 48.5 Å². The number of benzene rings is 2. The minimum atomic E-state index is -5.20. The molecule has 0 bridgehead atoms. The first-order chi connectivity index (χ1) is 15.9. The first kappa shape index (κ1) is 23.6. The van der Waals surface area contributed by atoms with E-state index in [4.69, 9.17) is 4.74 Å². The van der Waals surface area contributed by atoms with Crippen LogP contribution in [0.4, 0.5) is 18.0 Å². The molecule has 10 heteroatoms. The van der Waals surface area contributed by atoms with Crippen LogP contribution in [0, 0.1) is 0 Å². The Kier molecular flexibility index (Phi) is 5.58. The van der Waals surface area contributed by atoms with Crippen LogP contribution < -0.4 is 5.32 Å². The van der Waals surface area contributed by atoms with E-state index in [2.05, 4.69) is 0 Å². The van der Waals surface area contributed by atoms with E-state index >= 15 is 0 Å². The van der Waals surface area contributed by atoms with Crippen molar-refractivity contribution < 1.29 is 37.4 Å². The van der Waals surface area contributed by atoms with E-state index in [1.165, 1.54) is 0 Å². The standard InChI is InChI=1S/C24H23F3N2O5/c1-22(24(25,26)27,19(30)29(2)23(11-12-23)20(31)32)28-21(33)34-13-18-16-9-5-3-7-14(16)15-8-4-6-10-17(15)18/h3-10,18H,11-13H2,1-2H3,(H,28,33)(H,31,32). The Bertz CT molecular complexity index is 1120. The van der Waals surface area contributed by atoms with E-state index in [9.17, 15) is 32.7 Å². The number of hydrogen-bond donors (Lipinski definition) is 2. The van der Waals surface area contributed by atoms with Crippen molar-refractivity contribution in [2.24, 2.45) is 0 Å². The predicted molar refractivity (Wildman–Crippen MR) is 115 cm³/mol.